The third kappa shape index (κ3) is 6.33. The summed E-state index contributed by atoms with van der Waals surface area (Å²) < 4.78 is 11.7. The van der Waals surface area contributed by atoms with Gasteiger partial charge in [0.1, 0.15) is 11.2 Å². The number of furan rings is 1. The second-order valence-electron chi connectivity index (χ2n) is 18.7. The topological polar surface area (TPSA) is 35.4 Å². The normalized spacial score (nSPS) is 15.4. The Morgan fingerprint density at radius 1 is 0.435 bits per heavy atom. The SMILES string of the molecule is CC1C(c2cccc(-c3ccccc3)c2)=NC(c2cc(-n3c4ccccc4c4cc5ccccc5cc43)cc3oc4ccccc4c23)=CCC1c1ccc2c(c1)c1ccccc1n2-c1ccccc1. The van der Waals surface area contributed by atoms with Crippen LogP contribution >= 0.6 is 0 Å². The fourth-order valence-corrected chi connectivity index (χ4v) is 11.5. The van der Waals surface area contributed by atoms with Gasteiger partial charge in [-0.1, -0.05) is 165 Å². The lowest BCUT2D eigenvalue weighted by Gasteiger charge is -2.24. The van der Waals surface area contributed by atoms with E-state index >= 15 is 0 Å². The van der Waals surface area contributed by atoms with Crippen LogP contribution in [0.4, 0.5) is 0 Å². The summed E-state index contributed by atoms with van der Waals surface area (Å²) in [4.78, 5) is 5.91. The summed E-state index contributed by atoms with van der Waals surface area (Å²) in [6.07, 6.45) is 3.21. The molecule has 4 nitrogen and oxygen atoms in total. The first-order valence-electron chi connectivity index (χ1n) is 24.0. The molecule has 1 aliphatic rings. The molecule has 69 heavy (non-hydrogen) atoms. The van der Waals surface area contributed by atoms with Gasteiger partial charge in [0.15, 0.2) is 0 Å². The molecule has 0 amide bonds. The molecule has 10 aromatic carbocycles. The van der Waals surface area contributed by atoms with Crippen molar-refractivity contribution in [2.75, 3.05) is 0 Å². The number of hydrogen-bond donors (Lipinski definition) is 0. The van der Waals surface area contributed by atoms with Gasteiger partial charge in [-0.25, -0.2) is 0 Å². The van der Waals surface area contributed by atoms with E-state index in [4.69, 9.17) is 9.41 Å². The van der Waals surface area contributed by atoms with Gasteiger partial charge in [-0.05, 0) is 112 Å². The quantitative estimate of drug-likeness (QED) is 0.164. The van der Waals surface area contributed by atoms with Crippen molar-refractivity contribution < 1.29 is 4.42 Å². The van der Waals surface area contributed by atoms with Crippen LogP contribution in [0.1, 0.15) is 36.0 Å². The minimum Gasteiger partial charge on any atom is -0.456 e. The monoisotopic (exact) mass is 883 g/mol. The smallest absolute Gasteiger partial charge is 0.138 e. The predicted molar refractivity (Wildman–Crippen MR) is 289 cm³/mol. The number of aliphatic imine (C=N–C) groups is 1. The first-order chi connectivity index (χ1) is 34.1. The maximum Gasteiger partial charge on any atom is 0.138 e. The van der Waals surface area contributed by atoms with E-state index in [1.807, 2.05) is 0 Å². The van der Waals surface area contributed by atoms with Crippen LogP contribution in [0.3, 0.4) is 0 Å². The zero-order valence-electron chi connectivity index (χ0n) is 38.1. The highest BCUT2D eigenvalue weighted by atomic mass is 16.3. The zero-order chi connectivity index (χ0) is 45.6. The highest BCUT2D eigenvalue weighted by molar-refractivity contribution is 6.16. The third-order valence-corrected chi connectivity index (χ3v) is 14.8. The maximum absolute atomic E-state index is 6.85. The van der Waals surface area contributed by atoms with Crippen LogP contribution in [0.15, 0.2) is 240 Å². The van der Waals surface area contributed by atoms with Gasteiger partial charge in [-0.15, -0.1) is 0 Å². The van der Waals surface area contributed by atoms with E-state index in [0.717, 1.165) is 73.3 Å². The fourth-order valence-electron chi connectivity index (χ4n) is 11.5. The lowest BCUT2D eigenvalue weighted by atomic mass is 9.79. The van der Waals surface area contributed by atoms with Gasteiger partial charge >= 0.3 is 0 Å². The van der Waals surface area contributed by atoms with Crippen LogP contribution in [-0.4, -0.2) is 14.8 Å². The van der Waals surface area contributed by atoms with Crippen molar-refractivity contribution in [1.82, 2.24) is 9.13 Å². The lowest BCUT2D eigenvalue weighted by Crippen LogP contribution is -2.20. The van der Waals surface area contributed by atoms with Gasteiger partial charge in [0.05, 0.1) is 39.2 Å². The van der Waals surface area contributed by atoms with Crippen LogP contribution in [0.2, 0.25) is 0 Å². The molecule has 4 heterocycles. The highest BCUT2D eigenvalue weighted by Gasteiger charge is 2.30. The van der Waals surface area contributed by atoms with E-state index in [2.05, 4.69) is 247 Å². The standard InChI is InChI=1S/C65H45N3O/c1-41-50(46-31-34-60-54(37-46)51-25-10-13-28-58(51)67(60)48-23-6-3-7-24-48)32-33-57(66-65(41)47-22-16-21-43(35-47)42-17-4-2-5-18-42)56-39-49(40-63-64(56)53-27-12-15-30-62(53)69-63)68-59-29-14-11-26-52(59)55-36-44-19-8-9-20-45(44)38-61(55)68/h2-31,33-41,50H,32H2,1H3. The Morgan fingerprint density at radius 2 is 1.04 bits per heavy atom. The second kappa shape index (κ2) is 15.7. The van der Waals surface area contributed by atoms with Crippen molar-refractivity contribution in [2.24, 2.45) is 10.9 Å². The Kier molecular flexibility index (Phi) is 8.97. The fraction of sp³-hybridized carbons (Fsp3) is 0.0615. The molecule has 0 fully saturated rings. The van der Waals surface area contributed by atoms with Gasteiger partial charge in [-0.2, -0.15) is 0 Å². The first-order valence-corrected chi connectivity index (χ1v) is 24.0. The summed E-state index contributed by atoms with van der Waals surface area (Å²) in [6, 6.07) is 81.6. The minimum absolute atomic E-state index is 0.0649. The van der Waals surface area contributed by atoms with Crippen LogP contribution in [-0.2, 0) is 0 Å². The average Bonchev–Trinajstić information content (AvgIpc) is 4.02. The summed E-state index contributed by atoms with van der Waals surface area (Å²) in [5.74, 6) is 0.199. The summed E-state index contributed by atoms with van der Waals surface area (Å²) in [5.41, 5.74) is 16.5. The Hall–Kier alpha value is -8.73. The van der Waals surface area contributed by atoms with Gasteiger partial charge in [0.2, 0.25) is 0 Å². The molecule has 0 N–H and O–H groups in total. The molecule has 0 bridgehead atoms. The molecule has 14 rings (SSSR count). The van der Waals surface area contributed by atoms with Gasteiger partial charge < -0.3 is 13.6 Å². The van der Waals surface area contributed by atoms with E-state index in [1.54, 1.807) is 0 Å². The molecule has 0 radical (unpaired) electrons. The van der Waals surface area contributed by atoms with E-state index in [0.29, 0.717) is 0 Å². The minimum atomic E-state index is 0.0649. The number of benzene rings is 10. The summed E-state index contributed by atoms with van der Waals surface area (Å²) in [6.45, 7) is 2.38. The summed E-state index contributed by atoms with van der Waals surface area (Å²) in [7, 11) is 0. The molecule has 13 aromatic rings. The molecule has 0 aliphatic carbocycles. The molecule has 0 saturated carbocycles. The van der Waals surface area contributed by atoms with E-state index < -0.39 is 0 Å². The van der Waals surface area contributed by atoms with E-state index in [9.17, 15) is 0 Å². The summed E-state index contributed by atoms with van der Waals surface area (Å²) in [5, 5.41) is 9.56. The van der Waals surface area contributed by atoms with E-state index in [1.165, 1.54) is 60.0 Å². The summed E-state index contributed by atoms with van der Waals surface area (Å²) >= 11 is 0. The number of rotatable bonds is 6. The van der Waals surface area contributed by atoms with Crippen LogP contribution in [0, 0.1) is 5.92 Å². The number of para-hydroxylation sites is 4. The molecule has 0 saturated heterocycles. The molecular weight excluding hydrogens is 839 g/mol. The number of aromatic nitrogens is 2. The number of nitrogens with zero attached hydrogens (tertiary/aromatic N) is 3. The molecule has 1 aliphatic heterocycles. The average molecular weight is 884 g/mol. The Bertz CT molecular complexity index is 4240. The van der Waals surface area contributed by atoms with Crippen molar-refractivity contribution in [1.29, 1.82) is 0 Å². The van der Waals surface area contributed by atoms with Crippen LogP contribution < -0.4 is 0 Å². The Balaban J connectivity index is 1.01. The zero-order valence-corrected chi connectivity index (χ0v) is 38.1. The maximum atomic E-state index is 6.85. The van der Waals surface area contributed by atoms with Crippen molar-refractivity contribution in [3.8, 4) is 22.5 Å². The predicted octanol–water partition coefficient (Wildman–Crippen LogP) is 17.3. The number of fused-ring (bicyclic) bond motifs is 10. The van der Waals surface area contributed by atoms with Crippen LogP contribution in [0.25, 0.3) is 105 Å². The lowest BCUT2D eigenvalue weighted by molar-refractivity contribution is 0.586. The van der Waals surface area contributed by atoms with Crippen molar-refractivity contribution in [2.45, 2.75) is 19.3 Å². The first kappa shape index (κ1) is 39.4. The van der Waals surface area contributed by atoms with Gasteiger partial charge in [0, 0.05) is 55.6 Å². The van der Waals surface area contributed by atoms with Gasteiger partial charge in [0.25, 0.3) is 0 Å². The number of hydrogen-bond acceptors (Lipinski definition) is 2. The van der Waals surface area contributed by atoms with Crippen molar-refractivity contribution >= 4 is 87.7 Å². The molecule has 0 spiro atoms. The number of allylic oxidation sites excluding steroid dienone is 1. The largest absolute Gasteiger partial charge is 0.456 e. The van der Waals surface area contributed by atoms with Crippen LogP contribution in [0.5, 0.6) is 0 Å². The molecule has 2 atom stereocenters. The molecule has 2 unspecified atom stereocenters. The van der Waals surface area contributed by atoms with Gasteiger partial charge in [-0.3, -0.25) is 4.99 Å². The second-order valence-corrected chi connectivity index (χ2v) is 18.7. The van der Waals surface area contributed by atoms with Crippen molar-refractivity contribution in [3.05, 3.63) is 247 Å². The molecule has 4 heteroatoms. The Morgan fingerprint density at radius 3 is 1.83 bits per heavy atom. The van der Waals surface area contributed by atoms with E-state index in [-0.39, 0.29) is 11.8 Å². The Labute approximate surface area is 399 Å². The molecule has 3 aromatic heterocycles. The molecular formula is C65H45N3O. The highest BCUT2D eigenvalue weighted by Crippen LogP contribution is 2.45. The third-order valence-electron chi connectivity index (χ3n) is 14.8. The molecule has 326 valence electrons. The van der Waals surface area contributed by atoms with Crippen molar-refractivity contribution in [3.63, 3.8) is 0 Å².